The van der Waals surface area contributed by atoms with E-state index in [1.54, 1.807) is 0 Å². The van der Waals surface area contributed by atoms with Gasteiger partial charge in [0.1, 0.15) is 0 Å². The van der Waals surface area contributed by atoms with E-state index in [2.05, 4.69) is 154 Å². The number of nitrogens with one attached hydrogen (secondary N) is 1. The van der Waals surface area contributed by atoms with Crippen molar-refractivity contribution in [2.75, 3.05) is 13.6 Å². The Balaban J connectivity index is 0.000000253. The lowest BCUT2D eigenvalue weighted by atomic mass is 9.89. The summed E-state index contributed by atoms with van der Waals surface area (Å²) in [5, 5.41) is 3.38. The molecular weight excluding hydrogens is 472 g/mol. The molecule has 206 valence electrons. The zero-order valence-corrected chi connectivity index (χ0v) is 25.1. The molecule has 2 nitrogen and oxygen atoms in total. The van der Waals surface area contributed by atoms with Crippen LogP contribution >= 0.6 is 0 Å². The first-order valence-corrected chi connectivity index (χ1v) is 14.5. The highest BCUT2D eigenvalue weighted by Gasteiger charge is 2.18. The first-order chi connectivity index (χ1) is 19.1. The van der Waals surface area contributed by atoms with Crippen LogP contribution in [0, 0.1) is 0 Å². The van der Waals surface area contributed by atoms with Crippen LogP contribution in [-0.2, 0) is 6.42 Å². The summed E-state index contributed by atoms with van der Waals surface area (Å²) in [4.78, 5) is 2.27. The topological polar surface area (TPSA) is 15.3 Å². The van der Waals surface area contributed by atoms with Crippen molar-refractivity contribution in [2.24, 2.45) is 0 Å². The summed E-state index contributed by atoms with van der Waals surface area (Å²) in [6.45, 7) is 13.6. The summed E-state index contributed by atoms with van der Waals surface area (Å²) in [5.74, 6) is 0. The highest BCUT2D eigenvalue weighted by Crippen LogP contribution is 2.33. The SMILES string of the molecule is CC.CC1=CC=C(c2ccccc2)NC1.CCC.CCc1c(-c2ccccc2)cccc1C1C=CC=CN1C. The van der Waals surface area contributed by atoms with Gasteiger partial charge >= 0.3 is 0 Å². The lowest BCUT2D eigenvalue weighted by molar-refractivity contribution is 0.388. The van der Waals surface area contributed by atoms with Gasteiger partial charge in [0.2, 0.25) is 0 Å². The summed E-state index contributed by atoms with van der Waals surface area (Å²) >= 11 is 0. The van der Waals surface area contributed by atoms with Crippen LogP contribution in [0.15, 0.2) is 121 Å². The predicted molar refractivity (Wildman–Crippen MR) is 174 cm³/mol. The minimum Gasteiger partial charge on any atom is -0.381 e. The Bertz CT molecular complexity index is 1220. The van der Waals surface area contributed by atoms with E-state index < -0.39 is 0 Å². The Labute approximate surface area is 238 Å². The summed E-state index contributed by atoms with van der Waals surface area (Å²) in [6, 6.07) is 28.1. The van der Waals surface area contributed by atoms with Crippen LogP contribution in [0.3, 0.4) is 0 Å². The number of allylic oxidation sites excluding steroid dienone is 4. The lowest BCUT2D eigenvalue weighted by Crippen LogP contribution is -2.20. The van der Waals surface area contributed by atoms with E-state index in [1.165, 1.54) is 45.5 Å². The molecule has 3 aromatic carbocycles. The summed E-state index contributed by atoms with van der Waals surface area (Å²) < 4.78 is 0. The summed E-state index contributed by atoms with van der Waals surface area (Å²) in [7, 11) is 2.14. The van der Waals surface area contributed by atoms with Crippen molar-refractivity contribution >= 4 is 5.70 Å². The molecule has 0 aromatic heterocycles. The van der Waals surface area contributed by atoms with Crippen molar-refractivity contribution in [3.63, 3.8) is 0 Å². The molecule has 1 unspecified atom stereocenters. The summed E-state index contributed by atoms with van der Waals surface area (Å²) in [5.41, 5.74) is 9.35. The van der Waals surface area contributed by atoms with Crippen molar-refractivity contribution in [1.29, 1.82) is 0 Å². The Morgan fingerprint density at radius 1 is 0.769 bits per heavy atom. The van der Waals surface area contributed by atoms with E-state index in [-0.39, 0.29) is 0 Å². The van der Waals surface area contributed by atoms with Gasteiger partial charge < -0.3 is 10.2 Å². The largest absolute Gasteiger partial charge is 0.381 e. The lowest BCUT2D eigenvalue weighted by Gasteiger charge is -2.29. The Hall–Kier alpha value is -3.78. The van der Waals surface area contributed by atoms with Crippen molar-refractivity contribution in [3.8, 4) is 11.1 Å². The number of hydrogen-bond donors (Lipinski definition) is 1. The second-order valence-corrected chi connectivity index (χ2v) is 9.45. The van der Waals surface area contributed by atoms with Crippen LogP contribution in [0.2, 0.25) is 0 Å². The van der Waals surface area contributed by atoms with E-state index >= 15 is 0 Å². The van der Waals surface area contributed by atoms with Gasteiger partial charge in [0.05, 0.1) is 6.04 Å². The van der Waals surface area contributed by atoms with Crippen LogP contribution in [0.4, 0.5) is 0 Å². The molecule has 2 aliphatic heterocycles. The molecule has 0 saturated carbocycles. The van der Waals surface area contributed by atoms with Gasteiger partial charge in [-0.15, -0.1) is 0 Å². The third kappa shape index (κ3) is 9.48. The van der Waals surface area contributed by atoms with Gasteiger partial charge in [-0.2, -0.15) is 0 Å². The molecule has 0 radical (unpaired) electrons. The molecule has 2 heterocycles. The molecule has 0 amide bonds. The molecule has 1 N–H and O–H groups in total. The highest BCUT2D eigenvalue weighted by atomic mass is 15.1. The molecule has 2 heteroatoms. The van der Waals surface area contributed by atoms with Crippen molar-refractivity contribution < 1.29 is 0 Å². The van der Waals surface area contributed by atoms with Crippen molar-refractivity contribution in [1.82, 2.24) is 10.2 Å². The van der Waals surface area contributed by atoms with Gasteiger partial charge in [0.25, 0.3) is 0 Å². The average molecular weight is 521 g/mol. The number of rotatable bonds is 4. The first kappa shape index (κ1) is 31.4. The fourth-order valence-corrected chi connectivity index (χ4v) is 4.46. The highest BCUT2D eigenvalue weighted by molar-refractivity contribution is 5.69. The third-order valence-electron chi connectivity index (χ3n) is 6.31. The zero-order chi connectivity index (χ0) is 28.5. The van der Waals surface area contributed by atoms with Gasteiger partial charge in [0.15, 0.2) is 0 Å². The molecule has 0 saturated heterocycles. The van der Waals surface area contributed by atoms with Crippen LogP contribution in [0.25, 0.3) is 16.8 Å². The normalized spacial score (nSPS) is 15.2. The van der Waals surface area contributed by atoms with Crippen molar-refractivity contribution in [2.45, 2.75) is 60.4 Å². The average Bonchev–Trinajstić information content (AvgIpc) is 3.00. The molecule has 0 fully saturated rings. The zero-order valence-electron chi connectivity index (χ0n) is 25.1. The smallest absolute Gasteiger partial charge is 0.0723 e. The molecule has 2 aliphatic rings. The molecule has 0 spiro atoms. The van der Waals surface area contributed by atoms with E-state index in [0.29, 0.717) is 6.04 Å². The number of benzene rings is 3. The monoisotopic (exact) mass is 520 g/mol. The maximum Gasteiger partial charge on any atom is 0.0723 e. The fourth-order valence-electron chi connectivity index (χ4n) is 4.46. The van der Waals surface area contributed by atoms with Crippen molar-refractivity contribution in [3.05, 3.63) is 138 Å². The molecule has 5 rings (SSSR count). The maximum atomic E-state index is 3.38. The molecule has 1 atom stereocenters. The molecule has 39 heavy (non-hydrogen) atoms. The van der Waals surface area contributed by atoms with Gasteiger partial charge in [-0.3, -0.25) is 0 Å². The van der Waals surface area contributed by atoms with Crippen LogP contribution in [-0.4, -0.2) is 18.5 Å². The van der Waals surface area contributed by atoms with Crippen LogP contribution in [0.1, 0.15) is 70.7 Å². The van der Waals surface area contributed by atoms with Crippen LogP contribution in [0.5, 0.6) is 0 Å². The number of likely N-dealkylation sites (N-methyl/N-ethyl adjacent to an activating group) is 1. The Morgan fingerprint density at radius 2 is 1.38 bits per heavy atom. The van der Waals surface area contributed by atoms with Crippen LogP contribution < -0.4 is 5.32 Å². The fraction of sp³-hybridized carbons (Fsp3) is 0.297. The summed E-state index contributed by atoms with van der Waals surface area (Å²) in [6.07, 6.45) is 15.2. The Kier molecular flexibility index (Phi) is 14.2. The molecule has 0 aliphatic carbocycles. The van der Waals surface area contributed by atoms with E-state index in [1.807, 2.05) is 19.9 Å². The minimum absolute atomic E-state index is 0.327. The van der Waals surface area contributed by atoms with E-state index in [9.17, 15) is 0 Å². The number of nitrogens with zero attached hydrogens (tertiary/aromatic N) is 1. The van der Waals surface area contributed by atoms with E-state index in [0.717, 1.165) is 13.0 Å². The van der Waals surface area contributed by atoms with Gasteiger partial charge in [-0.25, -0.2) is 0 Å². The molecule has 0 bridgehead atoms. The standard InChI is InChI=1S/C20H21N.C12H13N.C3H8.C2H6/c1-3-17-18(16-10-5-4-6-11-16)12-9-13-19(17)20-14-7-8-15-21(20)2;1-10-7-8-12(13-9-10)11-5-3-2-4-6-11;1-3-2;1-2/h4-15,20H,3H2,1-2H3;2-8,13H,9H2,1H3;3H2,1-2H3;1-2H3. The van der Waals surface area contributed by atoms with Gasteiger partial charge in [0, 0.05) is 19.3 Å². The molecular formula is C37H48N2. The van der Waals surface area contributed by atoms with Gasteiger partial charge in [-0.1, -0.05) is 144 Å². The Morgan fingerprint density at radius 3 is 1.92 bits per heavy atom. The minimum atomic E-state index is 0.327. The van der Waals surface area contributed by atoms with Gasteiger partial charge in [-0.05, 0) is 59.5 Å². The van der Waals surface area contributed by atoms with E-state index in [4.69, 9.17) is 0 Å². The second kappa shape index (κ2) is 17.7. The quantitative estimate of drug-likeness (QED) is 0.368. The number of dihydropyridines is 1. The third-order valence-corrected chi connectivity index (χ3v) is 6.31. The second-order valence-electron chi connectivity index (χ2n) is 9.45. The molecule has 3 aromatic rings. The maximum absolute atomic E-state index is 3.38. The first-order valence-electron chi connectivity index (χ1n) is 14.5. The number of hydrogen-bond acceptors (Lipinski definition) is 2. The predicted octanol–water partition coefficient (Wildman–Crippen LogP) is 9.99.